The lowest BCUT2D eigenvalue weighted by molar-refractivity contribution is 0.171. The van der Waals surface area contributed by atoms with Crippen molar-refractivity contribution in [3.05, 3.63) is 0 Å². The summed E-state index contributed by atoms with van der Waals surface area (Å²) in [7, 11) is -1.07. The third-order valence-electron chi connectivity index (χ3n) is 4.54. The fourth-order valence-electron chi connectivity index (χ4n) is 3.21. The first-order valence-corrected chi connectivity index (χ1v) is 9.02. The molecule has 3 rings (SSSR count). The highest BCUT2D eigenvalue weighted by molar-refractivity contribution is 7.91. The Hall–Kier alpha value is -0.780. The molecule has 1 heterocycles. The maximum atomic E-state index is 12.2. The zero-order chi connectivity index (χ0) is 13.6. The van der Waals surface area contributed by atoms with Gasteiger partial charge in [-0.25, -0.2) is 13.2 Å². The van der Waals surface area contributed by atoms with Crippen molar-refractivity contribution in [2.24, 2.45) is 11.8 Å². The van der Waals surface area contributed by atoms with Crippen LogP contribution in [0.5, 0.6) is 0 Å². The standard InChI is InChI=1S/C13H22N2O3S/c1-15(12(9-2-3-9)10-4-5-10)13(16)14-11-6-7-19(17,18)8-11/h9-12H,2-8H2,1H3,(H,14,16). The van der Waals surface area contributed by atoms with Crippen molar-refractivity contribution in [1.82, 2.24) is 10.2 Å². The third-order valence-corrected chi connectivity index (χ3v) is 6.31. The molecule has 0 bridgehead atoms. The van der Waals surface area contributed by atoms with Gasteiger partial charge in [-0.15, -0.1) is 0 Å². The Kier molecular flexibility index (Phi) is 3.23. The van der Waals surface area contributed by atoms with Crippen molar-refractivity contribution in [2.75, 3.05) is 18.6 Å². The Morgan fingerprint density at radius 3 is 2.16 bits per heavy atom. The van der Waals surface area contributed by atoms with Crippen LogP contribution in [0, 0.1) is 11.8 Å². The zero-order valence-corrected chi connectivity index (χ0v) is 12.2. The Morgan fingerprint density at radius 2 is 1.74 bits per heavy atom. The predicted octanol–water partition coefficient (Wildman–Crippen LogP) is 1.00. The van der Waals surface area contributed by atoms with E-state index in [4.69, 9.17) is 0 Å². The third kappa shape index (κ3) is 3.04. The molecule has 6 heteroatoms. The fourth-order valence-corrected chi connectivity index (χ4v) is 4.89. The molecule has 3 aliphatic rings. The van der Waals surface area contributed by atoms with Crippen LogP contribution in [0.15, 0.2) is 0 Å². The molecular weight excluding hydrogens is 264 g/mol. The molecule has 0 aromatic heterocycles. The van der Waals surface area contributed by atoms with E-state index in [0.29, 0.717) is 24.3 Å². The van der Waals surface area contributed by atoms with Gasteiger partial charge in [0.1, 0.15) is 0 Å². The van der Waals surface area contributed by atoms with E-state index in [9.17, 15) is 13.2 Å². The largest absolute Gasteiger partial charge is 0.334 e. The maximum Gasteiger partial charge on any atom is 0.317 e. The molecular formula is C13H22N2O3S. The zero-order valence-electron chi connectivity index (χ0n) is 11.3. The first-order chi connectivity index (χ1) is 8.96. The average molecular weight is 286 g/mol. The van der Waals surface area contributed by atoms with Crippen molar-refractivity contribution in [3.63, 3.8) is 0 Å². The van der Waals surface area contributed by atoms with Gasteiger partial charge in [0.25, 0.3) is 0 Å². The minimum absolute atomic E-state index is 0.0918. The number of sulfone groups is 1. The van der Waals surface area contributed by atoms with Gasteiger partial charge in [0.2, 0.25) is 0 Å². The lowest BCUT2D eigenvalue weighted by Gasteiger charge is -2.29. The molecule has 0 radical (unpaired) electrons. The second-order valence-electron chi connectivity index (χ2n) is 6.33. The van der Waals surface area contributed by atoms with E-state index in [1.165, 1.54) is 25.7 Å². The van der Waals surface area contributed by atoms with Gasteiger partial charge >= 0.3 is 6.03 Å². The molecule has 1 saturated heterocycles. The summed E-state index contributed by atoms with van der Waals surface area (Å²) >= 11 is 0. The highest BCUT2D eigenvalue weighted by atomic mass is 32.2. The molecule has 108 valence electrons. The van der Waals surface area contributed by atoms with Crippen molar-refractivity contribution >= 4 is 15.9 Å². The molecule has 1 unspecified atom stereocenters. The summed E-state index contributed by atoms with van der Waals surface area (Å²) in [6, 6.07) is 0.0860. The molecule has 1 N–H and O–H groups in total. The second-order valence-corrected chi connectivity index (χ2v) is 8.55. The van der Waals surface area contributed by atoms with Crippen LogP contribution in [-0.4, -0.2) is 50.0 Å². The Morgan fingerprint density at radius 1 is 1.16 bits per heavy atom. The SMILES string of the molecule is CN(C(=O)NC1CCS(=O)(=O)C1)C(C1CC1)C1CC1. The van der Waals surface area contributed by atoms with E-state index in [1.54, 1.807) is 0 Å². The van der Waals surface area contributed by atoms with Gasteiger partial charge < -0.3 is 10.2 Å². The highest BCUT2D eigenvalue weighted by Crippen LogP contribution is 2.46. The van der Waals surface area contributed by atoms with Crippen LogP contribution in [0.25, 0.3) is 0 Å². The van der Waals surface area contributed by atoms with Crippen LogP contribution in [-0.2, 0) is 9.84 Å². The second kappa shape index (κ2) is 4.65. The summed E-state index contributed by atoms with van der Waals surface area (Å²) in [6.45, 7) is 0. The van der Waals surface area contributed by atoms with Gasteiger partial charge in [0.05, 0.1) is 11.5 Å². The van der Waals surface area contributed by atoms with Gasteiger partial charge in [-0.3, -0.25) is 0 Å². The Balaban J connectivity index is 1.57. The first kappa shape index (κ1) is 13.2. The van der Waals surface area contributed by atoms with Crippen LogP contribution in [0.3, 0.4) is 0 Å². The molecule has 5 nitrogen and oxygen atoms in total. The topological polar surface area (TPSA) is 66.5 Å². The summed E-state index contributed by atoms with van der Waals surface area (Å²) in [5, 5.41) is 2.89. The molecule has 1 atom stereocenters. The van der Waals surface area contributed by atoms with E-state index in [2.05, 4.69) is 5.32 Å². The molecule has 2 aliphatic carbocycles. The first-order valence-electron chi connectivity index (χ1n) is 7.20. The van der Waals surface area contributed by atoms with Gasteiger partial charge in [0.15, 0.2) is 9.84 Å². The summed E-state index contributed by atoms with van der Waals surface area (Å²) in [6.07, 6.45) is 5.49. The molecule has 2 amide bonds. The normalized spacial score (nSPS) is 29.5. The van der Waals surface area contributed by atoms with Crippen molar-refractivity contribution in [1.29, 1.82) is 0 Å². The van der Waals surface area contributed by atoms with Crippen molar-refractivity contribution in [3.8, 4) is 0 Å². The lowest BCUT2D eigenvalue weighted by Crippen LogP contribution is -2.49. The number of nitrogens with one attached hydrogen (secondary N) is 1. The molecule has 1 aliphatic heterocycles. The number of hydrogen-bond donors (Lipinski definition) is 1. The van der Waals surface area contributed by atoms with Gasteiger partial charge in [0, 0.05) is 19.1 Å². The number of amides is 2. The minimum atomic E-state index is -2.93. The van der Waals surface area contributed by atoms with Gasteiger partial charge in [-0.05, 0) is 43.9 Å². The van der Waals surface area contributed by atoms with Crippen LogP contribution >= 0.6 is 0 Å². The molecule has 0 aromatic rings. The van der Waals surface area contributed by atoms with Gasteiger partial charge in [-0.2, -0.15) is 0 Å². The predicted molar refractivity (Wildman–Crippen MR) is 72.6 cm³/mol. The van der Waals surface area contributed by atoms with E-state index in [-0.39, 0.29) is 23.6 Å². The van der Waals surface area contributed by atoms with Crippen molar-refractivity contribution in [2.45, 2.75) is 44.2 Å². The quantitative estimate of drug-likeness (QED) is 0.838. The number of hydrogen-bond acceptors (Lipinski definition) is 3. The maximum absolute atomic E-state index is 12.2. The molecule has 2 saturated carbocycles. The monoisotopic (exact) mass is 286 g/mol. The lowest BCUT2D eigenvalue weighted by atomic mass is 10.1. The van der Waals surface area contributed by atoms with Crippen LogP contribution in [0.1, 0.15) is 32.1 Å². The van der Waals surface area contributed by atoms with E-state index < -0.39 is 9.84 Å². The Bertz CT molecular complexity index is 456. The average Bonchev–Trinajstić information content (AvgIpc) is 3.20. The summed E-state index contributed by atoms with van der Waals surface area (Å²) in [4.78, 5) is 14.1. The number of carbonyl (C=O) groups is 1. The minimum Gasteiger partial charge on any atom is -0.334 e. The highest BCUT2D eigenvalue weighted by Gasteiger charge is 2.45. The van der Waals surface area contributed by atoms with E-state index >= 15 is 0 Å². The number of nitrogens with zero attached hydrogens (tertiary/aromatic N) is 1. The number of carbonyl (C=O) groups excluding carboxylic acids is 1. The molecule has 0 aromatic carbocycles. The van der Waals surface area contributed by atoms with Gasteiger partial charge in [-0.1, -0.05) is 0 Å². The smallest absolute Gasteiger partial charge is 0.317 e. The molecule has 3 fully saturated rings. The molecule has 0 spiro atoms. The Labute approximate surface area is 114 Å². The summed E-state index contributed by atoms with van der Waals surface area (Å²) in [5.41, 5.74) is 0. The number of rotatable bonds is 4. The summed E-state index contributed by atoms with van der Waals surface area (Å²) < 4.78 is 22.8. The fraction of sp³-hybridized carbons (Fsp3) is 0.923. The summed E-state index contributed by atoms with van der Waals surface area (Å²) in [5.74, 6) is 1.66. The van der Waals surface area contributed by atoms with Crippen LogP contribution in [0.2, 0.25) is 0 Å². The van der Waals surface area contributed by atoms with Crippen molar-refractivity contribution < 1.29 is 13.2 Å². The number of urea groups is 1. The van der Waals surface area contributed by atoms with Crippen LogP contribution in [0.4, 0.5) is 4.79 Å². The van der Waals surface area contributed by atoms with E-state index in [0.717, 1.165) is 0 Å². The van der Waals surface area contributed by atoms with E-state index in [1.807, 2.05) is 11.9 Å². The molecule has 19 heavy (non-hydrogen) atoms. The van der Waals surface area contributed by atoms with Crippen LogP contribution < -0.4 is 5.32 Å².